The first kappa shape index (κ1) is 26.7. The number of ether oxygens (including phenoxy) is 3. The van der Waals surface area contributed by atoms with Gasteiger partial charge in [0.15, 0.2) is 0 Å². The number of morpholine rings is 1. The Morgan fingerprint density at radius 1 is 1.18 bits per heavy atom. The van der Waals surface area contributed by atoms with E-state index in [1.807, 2.05) is 39.0 Å². The largest absolute Gasteiger partial charge is 0.480 e. The molecule has 204 valence electrons. The summed E-state index contributed by atoms with van der Waals surface area (Å²) in [7, 11) is 1.60. The van der Waals surface area contributed by atoms with Crippen LogP contribution < -0.4 is 15.0 Å². The number of likely N-dealkylation sites (tertiary alicyclic amines) is 1. The minimum atomic E-state index is -0.550. The Morgan fingerprint density at radius 3 is 2.68 bits per heavy atom. The molecule has 0 aliphatic carbocycles. The first-order chi connectivity index (χ1) is 18.2. The van der Waals surface area contributed by atoms with Crippen molar-refractivity contribution in [2.45, 2.75) is 45.3 Å². The third kappa shape index (κ3) is 5.89. The van der Waals surface area contributed by atoms with Gasteiger partial charge in [-0.25, -0.2) is 9.78 Å². The number of hydrogen-bond acceptors (Lipinski definition) is 10. The standard InChI is InChI=1S/C26H33ClN6O4S/c1-26(2,3)37-25(34)33-10-6-7-16(15-33)28-21-19(23-29-20-17(27)8-5-9-18(20)38-23)22(35-4)31-24(30-21)32-11-13-36-14-12-32/h5,8-9,16H,6-7,10-15H2,1-4H3,(H,28,30,31)/t16-/m1/s1. The Labute approximate surface area is 231 Å². The van der Waals surface area contributed by atoms with Crippen LogP contribution in [0.2, 0.25) is 5.02 Å². The highest BCUT2D eigenvalue weighted by atomic mass is 35.5. The molecule has 0 saturated carbocycles. The normalized spacial score (nSPS) is 18.5. The number of anilines is 2. The first-order valence-corrected chi connectivity index (χ1v) is 14.0. The second-order valence-electron chi connectivity index (χ2n) is 10.4. The van der Waals surface area contributed by atoms with Gasteiger partial charge in [0, 0.05) is 32.2 Å². The van der Waals surface area contributed by atoms with E-state index in [-0.39, 0.29) is 12.1 Å². The second-order valence-corrected chi connectivity index (χ2v) is 11.8. The predicted molar refractivity (Wildman–Crippen MR) is 150 cm³/mol. The van der Waals surface area contributed by atoms with Crippen LogP contribution in [0, 0.1) is 0 Å². The smallest absolute Gasteiger partial charge is 0.410 e. The van der Waals surface area contributed by atoms with Crippen LogP contribution in [0.5, 0.6) is 5.88 Å². The Hall–Kier alpha value is -2.89. The molecule has 38 heavy (non-hydrogen) atoms. The predicted octanol–water partition coefficient (Wildman–Crippen LogP) is 5.06. The molecule has 0 radical (unpaired) electrons. The number of carbonyl (C=O) groups is 1. The van der Waals surface area contributed by atoms with Gasteiger partial charge in [0.1, 0.15) is 27.5 Å². The van der Waals surface area contributed by atoms with Gasteiger partial charge < -0.3 is 29.3 Å². The number of methoxy groups -OCH3 is 1. The van der Waals surface area contributed by atoms with Gasteiger partial charge in [-0.3, -0.25) is 0 Å². The average molecular weight is 561 g/mol. The van der Waals surface area contributed by atoms with Gasteiger partial charge in [0.05, 0.1) is 30.0 Å². The van der Waals surface area contributed by atoms with Crippen LogP contribution in [-0.2, 0) is 9.47 Å². The number of piperidine rings is 1. The van der Waals surface area contributed by atoms with Gasteiger partial charge in [-0.2, -0.15) is 9.97 Å². The van der Waals surface area contributed by atoms with E-state index in [1.165, 1.54) is 11.3 Å². The van der Waals surface area contributed by atoms with E-state index in [1.54, 1.807) is 12.0 Å². The molecule has 2 aliphatic rings. The van der Waals surface area contributed by atoms with Crippen molar-refractivity contribution in [2.75, 3.05) is 56.7 Å². The number of halogens is 1. The number of nitrogens with zero attached hydrogens (tertiary/aromatic N) is 5. The van der Waals surface area contributed by atoms with Gasteiger partial charge in [-0.1, -0.05) is 17.7 Å². The summed E-state index contributed by atoms with van der Waals surface area (Å²) in [6, 6.07) is 5.69. The topological polar surface area (TPSA) is 102 Å². The van der Waals surface area contributed by atoms with Crippen LogP contribution in [0.3, 0.4) is 0 Å². The second kappa shape index (κ2) is 11.1. The number of para-hydroxylation sites is 1. The molecule has 2 aromatic heterocycles. The monoisotopic (exact) mass is 560 g/mol. The first-order valence-electron chi connectivity index (χ1n) is 12.8. The summed E-state index contributed by atoms with van der Waals surface area (Å²) in [5.41, 5.74) is 0.857. The minimum Gasteiger partial charge on any atom is -0.480 e. The van der Waals surface area contributed by atoms with Gasteiger partial charge in [-0.05, 0) is 45.7 Å². The van der Waals surface area contributed by atoms with E-state index in [9.17, 15) is 4.79 Å². The lowest BCUT2D eigenvalue weighted by Crippen LogP contribution is -2.47. The molecule has 1 atom stereocenters. The van der Waals surface area contributed by atoms with Gasteiger partial charge in [-0.15, -0.1) is 11.3 Å². The average Bonchev–Trinajstić information content (AvgIpc) is 3.33. The van der Waals surface area contributed by atoms with Gasteiger partial charge >= 0.3 is 6.09 Å². The summed E-state index contributed by atoms with van der Waals surface area (Å²) < 4.78 is 17.9. The molecule has 2 aliphatic heterocycles. The summed E-state index contributed by atoms with van der Waals surface area (Å²) in [5.74, 6) is 1.61. The zero-order valence-electron chi connectivity index (χ0n) is 22.1. The van der Waals surface area contributed by atoms with Crippen LogP contribution in [0.4, 0.5) is 16.6 Å². The summed E-state index contributed by atoms with van der Waals surface area (Å²) >= 11 is 7.95. The van der Waals surface area contributed by atoms with Crippen molar-refractivity contribution in [2.24, 2.45) is 0 Å². The quantitative estimate of drug-likeness (QED) is 0.458. The number of aromatic nitrogens is 3. The fraction of sp³-hybridized carbons (Fsp3) is 0.538. The lowest BCUT2D eigenvalue weighted by molar-refractivity contribution is 0.0206. The van der Waals surface area contributed by atoms with E-state index in [0.717, 1.165) is 23.1 Å². The molecule has 1 N–H and O–H groups in total. The van der Waals surface area contributed by atoms with E-state index in [0.29, 0.717) is 72.6 Å². The maximum absolute atomic E-state index is 12.8. The number of carbonyl (C=O) groups excluding carboxylic acids is 1. The molecule has 5 rings (SSSR count). The number of rotatable bonds is 5. The summed E-state index contributed by atoms with van der Waals surface area (Å²) in [4.78, 5) is 31.2. The maximum Gasteiger partial charge on any atom is 0.410 e. The molecule has 0 spiro atoms. The van der Waals surface area contributed by atoms with Gasteiger partial charge in [0.2, 0.25) is 11.8 Å². The molecule has 4 heterocycles. The van der Waals surface area contributed by atoms with E-state index < -0.39 is 5.60 Å². The van der Waals surface area contributed by atoms with Crippen LogP contribution in [0.1, 0.15) is 33.6 Å². The molecule has 1 amide bonds. The number of hydrogen-bond donors (Lipinski definition) is 1. The number of amides is 1. The molecule has 3 aromatic rings. The lowest BCUT2D eigenvalue weighted by atomic mass is 10.1. The number of thiazole rings is 1. The Kier molecular flexibility index (Phi) is 7.78. The third-order valence-electron chi connectivity index (χ3n) is 6.35. The summed E-state index contributed by atoms with van der Waals surface area (Å²) in [5, 5.41) is 4.90. The fourth-order valence-electron chi connectivity index (χ4n) is 4.58. The molecular weight excluding hydrogens is 528 g/mol. The van der Waals surface area contributed by atoms with Crippen molar-refractivity contribution in [1.29, 1.82) is 0 Å². The Morgan fingerprint density at radius 2 is 1.97 bits per heavy atom. The third-order valence-corrected chi connectivity index (χ3v) is 7.69. The molecule has 0 unspecified atom stereocenters. The van der Waals surface area contributed by atoms with Crippen LogP contribution in [0.25, 0.3) is 20.8 Å². The fourth-order valence-corrected chi connectivity index (χ4v) is 5.88. The molecular formula is C26H33ClN6O4S. The van der Waals surface area contributed by atoms with Crippen molar-refractivity contribution in [3.05, 3.63) is 23.2 Å². The number of nitrogens with one attached hydrogen (secondary N) is 1. The van der Waals surface area contributed by atoms with Crippen molar-refractivity contribution >= 4 is 51.0 Å². The van der Waals surface area contributed by atoms with Crippen LogP contribution >= 0.6 is 22.9 Å². The zero-order chi connectivity index (χ0) is 26.9. The highest BCUT2D eigenvalue weighted by molar-refractivity contribution is 7.21. The maximum atomic E-state index is 12.8. The van der Waals surface area contributed by atoms with E-state index in [4.69, 9.17) is 40.8 Å². The molecule has 0 bridgehead atoms. The van der Waals surface area contributed by atoms with Crippen molar-refractivity contribution in [3.8, 4) is 16.5 Å². The van der Waals surface area contributed by atoms with E-state index in [2.05, 4.69) is 10.2 Å². The van der Waals surface area contributed by atoms with Crippen LogP contribution in [-0.4, -0.2) is 84.1 Å². The molecule has 2 fully saturated rings. The lowest BCUT2D eigenvalue weighted by Gasteiger charge is -2.35. The van der Waals surface area contributed by atoms with Crippen molar-refractivity contribution in [3.63, 3.8) is 0 Å². The summed E-state index contributed by atoms with van der Waals surface area (Å²) in [6.45, 7) is 9.38. The van der Waals surface area contributed by atoms with Crippen molar-refractivity contribution < 1.29 is 19.0 Å². The molecule has 1 aromatic carbocycles. The SMILES string of the molecule is COc1nc(N2CCOCC2)nc(N[C@@H]2CCCN(C(=O)OC(C)(C)C)C2)c1-c1nc2c(Cl)cccc2s1. The van der Waals surface area contributed by atoms with Gasteiger partial charge in [0.25, 0.3) is 0 Å². The van der Waals surface area contributed by atoms with E-state index >= 15 is 0 Å². The summed E-state index contributed by atoms with van der Waals surface area (Å²) in [6.07, 6.45) is 1.42. The zero-order valence-corrected chi connectivity index (χ0v) is 23.7. The highest BCUT2D eigenvalue weighted by Gasteiger charge is 2.30. The Balaban J connectivity index is 1.52. The molecule has 12 heteroatoms. The minimum absolute atomic E-state index is 0.0369. The van der Waals surface area contributed by atoms with Crippen LogP contribution in [0.15, 0.2) is 18.2 Å². The number of benzene rings is 1. The highest BCUT2D eigenvalue weighted by Crippen LogP contribution is 2.42. The van der Waals surface area contributed by atoms with Crippen molar-refractivity contribution in [1.82, 2.24) is 19.9 Å². The number of fused-ring (bicyclic) bond motifs is 1. The molecule has 2 saturated heterocycles. The Bertz CT molecular complexity index is 1310. The molecule has 10 nitrogen and oxygen atoms in total.